The average Bonchev–Trinajstić information content (AvgIpc) is 3.27. The van der Waals surface area contributed by atoms with Crippen molar-refractivity contribution < 1.29 is 29.4 Å². The van der Waals surface area contributed by atoms with Crippen LogP contribution in [0, 0.1) is 0 Å². The van der Waals surface area contributed by atoms with E-state index in [1.807, 2.05) is 0 Å². The van der Waals surface area contributed by atoms with Gasteiger partial charge in [-0.05, 0) is 38.0 Å². The quantitative estimate of drug-likeness (QED) is 0.217. The summed E-state index contributed by atoms with van der Waals surface area (Å²) < 4.78 is 0. The van der Waals surface area contributed by atoms with Crippen molar-refractivity contribution in [3.05, 3.63) is 48.0 Å². The van der Waals surface area contributed by atoms with Crippen LogP contribution in [-0.2, 0) is 32.0 Å². The number of carboxylic acid groups (broad SMARTS) is 1. The van der Waals surface area contributed by atoms with Crippen molar-refractivity contribution >= 4 is 23.7 Å². The fourth-order valence-electron chi connectivity index (χ4n) is 2.86. The second-order valence-electron chi connectivity index (χ2n) is 7.62. The van der Waals surface area contributed by atoms with Gasteiger partial charge in [-0.25, -0.2) is 4.98 Å². The van der Waals surface area contributed by atoms with E-state index in [1.165, 1.54) is 38.5 Å². The van der Waals surface area contributed by atoms with E-state index in [9.17, 15) is 24.3 Å². The van der Waals surface area contributed by atoms with Gasteiger partial charge in [-0.2, -0.15) is 0 Å². The minimum atomic E-state index is -1.21. The molecule has 0 saturated heterocycles. The number of aromatic amines is 1. The molecule has 12 nitrogen and oxygen atoms in total. The largest absolute Gasteiger partial charge is 0.508 e. The molecule has 1 aromatic heterocycles. The molecule has 8 N–H and O–H groups in total. The second kappa shape index (κ2) is 11.6. The summed E-state index contributed by atoms with van der Waals surface area (Å²) >= 11 is 0. The summed E-state index contributed by atoms with van der Waals surface area (Å²) in [6.45, 7) is 2.69. The van der Waals surface area contributed by atoms with Crippen LogP contribution in [0.15, 0.2) is 36.8 Å². The predicted molar refractivity (Wildman–Crippen MR) is 117 cm³/mol. The Morgan fingerprint density at radius 2 is 1.61 bits per heavy atom. The highest BCUT2D eigenvalue weighted by molar-refractivity contribution is 5.94. The number of H-pyrrole nitrogens is 1. The molecule has 0 radical (unpaired) electrons. The number of aliphatic carboxylic acids is 1. The van der Waals surface area contributed by atoms with Crippen LogP contribution >= 0.6 is 0 Å². The molecule has 1 aromatic carbocycles. The van der Waals surface area contributed by atoms with Gasteiger partial charge in [0.15, 0.2) is 0 Å². The minimum absolute atomic E-state index is 0.0589. The number of benzene rings is 1. The van der Waals surface area contributed by atoms with Gasteiger partial charge in [0.1, 0.15) is 23.9 Å². The Hall–Kier alpha value is -3.93. The normalized spacial score (nSPS) is 14.4. The number of amides is 3. The number of nitrogens with two attached hydrogens (primary N) is 1. The van der Waals surface area contributed by atoms with Crippen molar-refractivity contribution in [2.45, 2.75) is 50.9 Å². The number of carboxylic acids is 1. The molecule has 0 spiro atoms. The van der Waals surface area contributed by atoms with Gasteiger partial charge in [-0.1, -0.05) is 12.1 Å². The van der Waals surface area contributed by atoms with Crippen LogP contribution in [0.4, 0.5) is 0 Å². The van der Waals surface area contributed by atoms with Crippen LogP contribution in [0.5, 0.6) is 5.75 Å². The summed E-state index contributed by atoms with van der Waals surface area (Å²) in [6.07, 6.45) is 3.15. The number of imidazole rings is 1. The fraction of sp³-hybridized carbons (Fsp3) is 0.381. The maximum atomic E-state index is 12.8. The maximum Gasteiger partial charge on any atom is 0.325 e. The predicted octanol–water partition coefficient (Wildman–Crippen LogP) is -1.19. The number of carbonyl (C=O) groups excluding carboxylic acids is 3. The average molecular weight is 460 g/mol. The van der Waals surface area contributed by atoms with Crippen molar-refractivity contribution in [1.82, 2.24) is 25.9 Å². The SMILES string of the molecule is CC(NC(=O)C(C)NC(=O)C(Cc1cnc[nH]1)NC(=O)C(N)Cc1ccc(O)cc1)C(=O)O. The summed E-state index contributed by atoms with van der Waals surface area (Å²) in [5.74, 6) is -3.05. The van der Waals surface area contributed by atoms with Crippen molar-refractivity contribution in [2.24, 2.45) is 5.73 Å². The highest BCUT2D eigenvalue weighted by atomic mass is 16.4. The van der Waals surface area contributed by atoms with E-state index in [-0.39, 0.29) is 18.6 Å². The maximum absolute atomic E-state index is 12.8. The van der Waals surface area contributed by atoms with Crippen LogP contribution in [0.3, 0.4) is 0 Å². The van der Waals surface area contributed by atoms with E-state index >= 15 is 0 Å². The van der Waals surface area contributed by atoms with E-state index < -0.39 is 47.9 Å². The molecule has 178 valence electrons. The lowest BCUT2D eigenvalue weighted by molar-refractivity contribution is -0.141. The molecule has 0 aliphatic heterocycles. The summed E-state index contributed by atoms with van der Waals surface area (Å²) in [7, 11) is 0. The Labute approximate surface area is 190 Å². The molecule has 33 heavy (non-hydrogen) atoms. The van der Waals surface area contributed by atoms with E-state index in [0.29, 0.717) is 5.69 Å². The number of phenolic OH excluding ortho intramolecular Hbond substituents is 1. The molecule has 0 bridgehead atoms. The number of nitrogens with one attached hydrogen (secondary N) is 4. The van der Waals surface area contributed by atoms with Gasteiger partial charge < -0.3 is 36.9 Å². The molecule has 4 atom stereocenters. The third kappa shape index (κ3) is 7.92. The van der Waals surface area contributed by atoms with E-state index in [2.05, 4.69) is 25.9 Å². The summed E-state index contributed by atoms with van der Waals surface area (Å²) in [5.41, 5.74) is 7.29. The molecular weight excluding hydrogens is 432 g/mol. The van der Waals surface area contributed by atoms with E-state index in [1.54, 1.807) is 12.1 Å². The lowest BCUT2D eigenvalue weighted by atomic mass is 10.0. The lowest BCUT2D eigenvalue weighted by Gasteiger charge is -2.23. The van der Waals surface area contributed by atoms with Crippen LogP contribution in [-0.4, -0.2) is 68.0 Å². The monoisotopic (exact) mass is 460 g/mol. The first-order valence-corrected chi connectivity index (χ1v) is 10.2. The van der Waals surface area contributed by atoms with Gasteiger partial charge in [0.05, 0.1) is 12.4 Å². The van der Waals surface area contributed by atoms with Gasteiger partial charge in [0, 0.05) is 18.3 Å². The molecule has 2 rings (SSSR count). The number of rotatable bonds is 11. The number of nitrogens with zero attached hydrogens (tertiary/aromatic N) is 1. The van der Waals surface area contributed by atoms with Crippen molar-refractivity contribution in [3.63, 3.8) is 0 Å². The number of hydrogen-bond acceptors (Lipinski definition) is 7. The van der Waals surface area contributed by atoms with Crippen molar-refractivity contribution in [1.29, 1.82) is 0 Å². The third-order valence-corrected chi connectivity index (χ3v) is 4.82. The van der Waals surface area contributed by atoms with Gasteiger partial charge >= 0.3 is 5.97 Å². The highest BCUT2D eigenvalue weighted by Crippen LogP contribution is 2.11. The molecule has 3 amide bonds. The van der Waals surface area contributed by atoms with Gasteiger partial charge in [-0.15, -0.1) is 0 Å². The topological polar surface area (TPSA) is 200 Å². The first kappa shape index (κ1) is 25.3. The van der Waals surface area contributed by atoms with E-state index in [0.717, 1.165) is 5.56 Å². The Balaban J connectivity index is 2.04. The van der Waals surface area contributed by atoms with E-state index in [4.69, 9.17) is 10.8 Å². The Morgan fingerprint density at radius 1 is 0.970 bits per heavy atom. The summed E-state index contributed by atoms with van der Waals surface area (Å²) in [4.78, 5) is 55.3. The number of aromatic hydroxyl groups is 1. The molecule has 4 unspecified atom stereocenters. The zero-order valence-corrected chi connectivity index (χ0v) is 18.2. The molecule has 2 aromatic rings. The number of aromatic nitrogens is 2. The first-order valence-electron chi connectivity index (χ1n) is 10.2. The zero-order chi connectivity index (χ0) is 24.5. The molecule has 12 heteroatoms. The van der Waals surface area contributed by atoms with Gasteiger partial charge in [-0.3, -0.25) is 19.2 Å². The van der Waals surface area contributed by atoms with Crippen LogP contribution in [0.1, 0.15) is 25.1 Å². The smallest absolute Gasteiger partial charge is 0.325 e. The minimum Gasteiger partial charge on any atom is -0.508 e. The zero-order valence-electron chi connectivity index (χ0n) is 18.2. The van der Waals surface area contributed by atoms with Crippen molar-refractivity contribution in [3.8, 4) is 5.75 Å². The Morgan fingerprint density at radius 3 is 2.18 bits per heavy atom. The number of hydrogen-bond donors (Lipinski definition) is 7. The standard InChI is InChI=1S/C21H28N6O6/c1-11(18(29)26-12(2)21(32)33)25-20(31)17(8-14-9-23-10-24-14)27-19(30)16(22)7-13-3-5-15(28)6-4-13/h3-6,9-12,16-17,28H,7-8,22H2,1-2H3,(H,23,24)(H,25,31)(H,26,29)(H,27,30)(H,32,33). The highest BCUT2D eigenvalue weighted by Gasteiger charge is 2.28. The molecule has 0 saturated carbocycles. The third-order valence-electron chi connectivity index (χ3n) is 4.82. The van der Waals surface area contributed by atoms with Gasteiger partial charge in [0.2, 0.25) is 17.7 Å². The number of phenols is 1. The second-order valence-corrected chi connectivity index (χ2v) is 7.62. The summed E-state index contributed by atoms with van der Waals surface area (Å²) in [6, 6.07) is 2.00. The fourth-order valence-corrected chi connectivity index (χ4v) is 2.86. The summed E-state index contributed by atoms with van der Waals surface area (Å²) in [5, 5.41) is 25.6. The molecule has 0 aliphatic carbocycles. The Bertz CT molecular complexity index is 962. The number of carbonyl (C=O) groups is 4. The van der Waals surface area contributed by atoms with Crippen LogP contribution in [0.2, 0.25) is 0 Å². The molecule has 1 heterocycles. The lowest BCUT2D eigenvalue weighted by Crippen LogP contribution is -2.56. The Kier molecular flexibility index (Phi) is 8.92. The van der Waals surface area contributed by atoms with Crippen molar-refractivity contribution in [2.75, 3.05) is 0 Å². The molecule has 0 aliphatic rings. The first-order chi connectivity index (χ1) is 15.6. The molecule has 0 fully saturated rings. The van der Waals surface area contributed by atoms with Gasteiger partial charge in [0.25, 0.3) is 0 Å². The van der Waals surface area contributed by atoms with Crippen LogP contribution in [0.25, 0.3) is 0 Å². The van der Waals surface area contributed by atoms with Crippen LogP contribution < -0.4 is 21.7 Å². The molecular formula is C21H28N6O6.